The number of para-hydroxylation sites is 4. The Morgan fingerprint density at radius 3 is 1.51 bits per heavy atom. The zero-order chi connectivity index (χ0) is 53.7. The third-order valence-corrected chi connectivity index (χ3v) is 18.8. The minimum Gasteiger partial charge on any atom is -0.310 e. The summed E-state index contributed by atoms with van der Waals surface area (Å²) in [5.41, 5.74) is 25.5. The third kappa shape index (κ3) is 6.82. The van der Waals surface area contributed by atoms with Crippen LogP contribution >= 0.6 is 11.3 Å². The first-order valence-corrected chi connectivity index (χ1v) is 29.1. The first-order chi connectivity index (χ1) is 39.8. The molecule has 0 saturated carbocycles. The largest absolute Gasteiger partial charge is 0.310 e. The quantitative estimate of drug-likeness (QED) is 0.151. The number of thiophene rings is 1. The minimum absolute atomic E-state index is 0.109. The van der Waals surface area contributed by atoms with Gasteiger partial charge in [0.2, 0.25) is 0 Å². The molecule has 0 N–H and O–H groups in total. The predicted molar refractivity (Wildman–Crippen MR) is 348 cm³/mol. The van der Waals surface area contributed by atoms with Crippen molar-refractivity contribution >= 4 is 115 Å². The minimum atomic E-state index is -0.196. The molecule has 17 rings (SSSR count). The molecule has 3 aromatic heterocycles. The average molecular weight is 1050 g/mol. The molecule has 3 nitrogen and oxygen atoms in total. The van der Waals surface area contributed by atoms with Gasteiger partial charge in [-0.25, -0.2) is 0 Å². The summed E-state index contributed by atoms with van der Waals surface area (Å²) in [6, 6.07) is 98.1. The van der Waals surface area contributed by atoms with E-state index in [1.807, 2.05) is 11.3 Å². The van der Waals surface area contributed by atoms with Crippen LogP contribution in [-0.4, -0.2) is 15.8 Å². The fourth-order valence-corrected chi connectivity index (χ4v) is 15.1. The topological polar surface area (TPSA) is 13.1 Å². The van der Waals surface area contributed by atoms with Crippen molar-refractivity contribution in [3.05, 3.63) is 266 Å². The van der Waals surface area contributed by atoms with Crippen LogP contribution in [0.25, 0.3) is 120 Å². The average Bonchev–Trinajstić information content (AvgIpc) is 2.51. The van der Waals surface area contributed by atoms with Gasteiger partial charge in [0.1, 0.15) is 0 Å². The summed E-state index contributed by atoms with van der Waals surface area (Å²) >= 11 is 1.91. The van der Waals surface area contributed by atoms with Crippen LogP contribution in [0.3, 0.4) is 0 Å². The Kier molecular flexibility index (Phi) is 9.94. The van der Waals surface area contributed by atoms with Crippen molar-refractivity contribution in [2.24, 2.45) is 0 Å². The normalized spacial score (nSPS) is 12.8. The van der Waals surface area contributed by atoms with Crippen LogP contribution in [0.5, 0.6) is 0 Å². The standard InChI is InChI=1S/C76H52BN3S/c1-76(2,3)53-42-67-73-68(43-53)80(74-55(51-38-34-49(35-39-51)47-20-7-4-8-21-47)29-19-30-56(74)52-40-36-50(37-41-52)48-22-9-5-10-23-48)65-44-60-57-26-15-18-33-69(57)81-70(60)46-61(65)77(73)62-45-66-71(72-59-28-14-17-32-64(59)79(67)75(62)72)58-27-13-16-31-63(58)78(66)54-24-11-6-12-25-54/h4-46H,1-3H3. The molecule has 0 saturated heterocycles. The fraction of sp³-hybridized carbons (Fsp3) is 0.0526. The van der Waals surface area contributed by atoms with E-state index in [-0.39, 0.29) is 12.1 Å². The van der Waals surface area contributed by atoms with Gasteiger partial charge in [-0.15, -0.1) is 11.3 Å². The van der Waals surface area contributed by atoms with Crippen LogP contribution in [-0.2, 0) is 5.41 Å². The van der Waals surface area contributed by atoms with E-state index < -0.39 is 0 Å². The van der Waals surface area contributed by atoms with Gasteiger partial charge in [-0.2, -0.15) is 0 Å². The number of nitrogens with zero attached hydrogens (tertiary/aromatic N) is 3. The van der Waals surface area contributed by atoms with Crippen LogP contribution in [0.1, 0.15) is 26.3 Å². The van der Waals surface area contributed by atoms with Crippen molar-refractivity contribution in [3.8, 4) is 55.9 Å². The van der Waals surface area contributed by atoms with Crippen molar-refractivity contribution in [2.45, 2.75) is 26.2 Å². The summed E-state index contributed by atoms with van der Waals surface area (Å²) < 4.78 is 7.78. The maximum atomic E-state index is 2.71. The van der Waals surface area contributed by atoms with E-state index in [0.717, 1.165) is 11.4 Å². The van der Waals surface area contributed by atoms with E-state index in [0.29, 0.717) is 0 Å². The molecule has 5 heteroatoms. The molecule has 0 fully saturated rings. The Morgan fingerprint density at radius 1 is 0.358 bits per heavy atom. The number of hydrogen-bond donors (Lipinski definition) is 0. The smallest absolute Gasteiger partial charge is 0.252 e. The predicted octanol–water partition coefficient (Wildman–Crippen LogP) is 18.8. The third-order valence-electron chi connectivity index (χ3n) is 17.6. The Morgan fingerprint density at radius 2 is 0.877 bits per heavy atom. The molecule has 0 radical (unpaired) electrons. The molecule has 0 aliphatic carbocycles. The van der Waals surface area contributed by atoms with Crippen molar-refractivity contribution in [1.29, 1.82) is 0 Å². The van der Waals surface area contributed by atoms with E-state index >= 15 is 0 Å². The Hall–Kier alpha value is -9.68. The molecular weight excluding hydrogens is 998 g/mol. The maximum Gasteiger partial charge on any atom is 0.252 e. The van der Waals surface area contributed by atoms with Crippen molar-refractivity contribution in [3.63, 3.8) is 0 Å². The summed E-state index contributed by atoms with van der Waals surface area (Å²) in [6.45, 7) is 7.03. The zero-order valence-electron chi connectivity index (χ0n) is 45.2. The Balaban J connectivity index is 1.03. The zero-order valence-corrected chi connectivity index (χ0v) is 46.0. The first kappa shape index (κ1) is 46.3. The van der Waals surface area contributed by atoms with Crippen molar-refractivity contribution in [1.82, 2.24) is 9.13 Å². The lowest BCUT2D eigenvalue weighted by Gasteiger charge is -2.42. The van der Waals surface area contributed by atoms with Gasteiger partial charge in [-0.05, 0) is 121 Å². The molecular formula is C76H52BN3S. The van der Waals surface area contributed by atoms with E-state index in [9.17, 15) is 0 Å². The van der Waals surface area contributed by atoms with Gasteiger partial charge in [-0.1, -0.05) is 221 Å². The highest BCUT2D eigenvalue weighted by molar-refractivity contribution is 7.26. The summed E-state index contributed by atoms with van der Waals surface area (Å²) in [4.78, 5) is 2.71. The van der Waals surface area contributed by atoms with Gasteiger partial charge in [0.25, 0.3) is 6.71 Å². The molecule has 0 atom stereocenters. The Labute approximate surface area is 474 Å². The van der Waals surface area contributed by atoms with Crippen LogP contribution in [0.2, 0.25) is 0 Å². The van der Waals surface area contributed by atoms with Crippen LogP contribution in [0.4, 0.5) is 17.1 Å². The molecule has 5 heterocycles. The van der Waals surface area contributed by atoms with E-state index in [1.165, 1.54) is 147 Å². The molecule has 0 unspecified atom stereocenters. The summed E-state index contributed by atoms with van der Waals surface area (Å²) in [6.07, 6.45) is 0. The summed E-state index contributed by atoms with van der Waals surface area (Å²) in [7, 11) is 0. The highest BCUT2D eigenvalue weighted by Crippen LogP contribution is 2.52. The number of benzene rings is 12. The molecule has 81 heavy (non-hydrogen) atoms. The molecule has 0 bridgehead atoms. The molecule has 12 aromatic carbocycles. The van der Waals surface area contributed by atoms with Gasteiger partial charge in [0.15, 0.2) is 0 Å². The summed E-state index contributed by atoms with van der Waals surface area (Å²) in [5, 5.41) is 7.72. The van der Waals surface area contributed by atoms with Gasteiger partial charge in [0, 0.05) is 75.6 Å². The Bertz CT molecular complexity index is 4960. The monoisotopic (exact) mass is 1050 g/mol. The number of rotatable bonds is 6. The second-order valence-corrected chi connectivity index (χ2v) is 24.2. The second kappa shape index (κ2) is 17.4. The van der Waals surface area contributed by atoms with Gasteiger partial charge in [-0.3, -0.25) is 0 Å². The number of fused-ring (bicyclic) bond motifs is 14. The molecule has 15 aromatic rings. The molecule has 0 spiro atoms. The lowest BCUT2D eigenvalue weighted by molar-refractivity contribution is 0.590. The lowest BCUT2D eigenvalue weighted by atomic mass is 9.33. The van der Waals surface area contributed by atoms with E-state index in [4.69, 9.17) is 0 Å². The molecule has 2 aliphatic heterocycles. The van der Waals surface area contributed by atoms with Crippen molar-refractivity contribution in [2.75, 3.05) is 4.90 Å². The van der Waals surface area contributed by atoms with Crippen LogP contribution < -0.4 is 21.3 Å². The molecule has 380 valence electrons. The van der Waals surface area contributed by atoms with Crippen LogP contribution in [0, 0.1) is 0 Å². The lowest BCUT2D eigenvalue weighted by Crippen LogP contribution is -2.60. The van der Waals surface area contributed by atoms with E-state index in [1.54, 1.807) is 0 Å². The van der Waals surface area contributed by atoms with E-state index in [2.05, 4.69) is 296 Å². The number of hydrogen-bond acceptors (Lipinski definition) is 2. The highest BCUT2D eigenvalue weighted by atomic mass is 32.1. The van der Waals surface area contributed by atoms with Gasteiger partial charge in [0.05, 0.1) is 27.8 Å². The number of aromatic nitrogens is 2. The second-order valence-electron chi connectivity index (χ2n) is 23.2. The first-order valence-electron chi connectivity index (χ1n) is 28.3. The SMILES string of the molecule is CC(C)(C)c1cc2c3c(c1)-n1c4ccccc4c4c5c6ccccc6n(-c6ccccc6)c5cc(c41)B3c1cc3sc4ccccc4c3cc1N2c1c(-c2ccc(-c3ccccc3)cc2)cccc1-c1ccc(-c2ccccc2)cc1. The maximum absolute atomic E-state index is 2.71. The highest BCUT2D eigenvalue weighted by Gasteiger charge is 2.45. The summed E-state index contributed by atoms with van der Waals surface area (Å²) in [5.74, 6) is 0. The number of anilines is 3. The van der Waals surface area contributed by atoms with Gasteiger partial charge >= 0.3 is 0 Å². The van der Waals surface area contributed by atoms with Crippen LogP contribution in [0.15, 0.2) is 261 Å². The fourth-order valence-electron chi connectivity index (χ4n) is 13.9. The molecule has 2 aliphatic rings. The molecule has 0 amide bonds. The van der Waals surface area contributed by atoms with Gasteiger partial charge < -0.3 is 14.0 Å². The van der Waals surface area contributed by atoms with Crippen molar-refractivity contribution < 1.29 is 0 Å².